The maximum absolute atomic E-state index is 12.5. The summed E-state index contributed by atoms with van der Waals surface area (Å²) in [4.78, 5) is 16.6. The lowest BCUT2D eigenvalue weighted by molar-refractivity contribution is 0.102. The Labute approximate surface area is 155 Å². The fourth-order valence-electron chi connectivity index (χ4n) is 2.60. The molecule has 0 aliphatic carbocycles. The molecule has 3 rings (SSSR count). The van der Waals surface area contributed by atoms with Crippen LogP contribution >= 0.6 is 0 Å². The number of hydrogen-bond acceptors (Lipinski definition) is 6. The summed E-state index contributed by atoms with van der Waals surface area (Å²) in [6, 6.07) is 10.2. The number of aromatic nitrogens is 3. The van der Waals surface area contributed by atoms with E-state index >= 15 is 0 Å². The first-order valence-corrected chi connectivity index (χ1v) is 8.05. The van der Waals surface area contributed by atoms with Crippen molar-refractivity contribution in [2.45, 2.75) is 6.92 Å². The molecule has 0 saturated carbocycles. The van der Waals surface area contributed by atoms with E-state index in [1.165, 1.54) is 6.20 Å². The fourth-order valence-corrected chi connectivity index (χ4v) is 2.60. The van der Waals surface area contributed by atoms with Gasteiger partial charge in [0.2, 0.25) is 0 Å². The van der Waals surface area contributed by atoms with Crippen molar-refractivity contribution < 1.29 is 4.79 Å². The summed E-state index contributed by atoms with van der Waals surface area (Å²) in [5.74, 6) is -0.405. The summed E-state index contributed by atoms with van der Waals surface area (Å²) in [5.41, 5.74) is 9.23. The quantitative estimate of drug-likeness (QED) is 0.485. The van der Waals surface area contributed by atoms with Gasteiger partial charge in [0.25, 0.3) is 5.91 Å². The average Bonchev–Trinajstić information content (AvgIpc) is 3.08. The molecule has 0 unspecified atom stereocenters. The third-order valence-electron chi connectivity index (χ3n) is 3.97. The van der Waals surface area contributed by atoms with E-state index in [2.05, 4.69) is 15.4 Å². The second-order valence-corrected chi connectivity index (χ2v) is 6.01. The topological polar surface area (TPSA) is 133 Å². The van der Waals surface area contributed by atoms with Crippen molar-refractivity contribution in [3.05, 3.63) is 70.8 Å². The van der Waals surface area contributed by atoms with E-state index in [1.807, 2.05) is 6.07 Å². The average molecular weight is 359 g/mol. The van der Waals surface area contributed by atoms with Crippen LogP contribution in [0.3, 0.4) is 0 Å². The van der Waals surface area contributed by atoms with Crippen molar-refractivity contribution in [3.63, 3.8) is 0 Å². The Balaban J connectivity index is 1.87. The molecule has 8 nitrogen and oxygen atoms in total. The van der Waals surface area contributed by atoms with Gasteiger partial charge in [-0.05, 0) is 42.8 Å². The SMILES string of the molecule is Cc1cc(C#N)cnc1C(=O)Nc1ccc(N)c(C(=N)c2ccn(C)n2)c1. The Hall–Kier alpha value is -3.99. The van der Waals surface area contributed by atoms with E-state index in [0.717, 1.165) is 0 Å². The smallest absolute Gasteiger partial charge is 0.274 e. The van der Waals surface area contributed by atoms with Crippen LogP contribution in [0, 0.1) is 23.7 Å². The normalized spacial score (nSPS) is 10.3. The van der Waals surface area contributed by atoms with Gasteiger partial charge in [-0.3, -0.25) is 14.9 Å². The first kappa shape index (κ1) is 17.8. The highest BCUT2D eigenvalue weighted by Gasteiger charge is 2.15. The predicted molar refractivity (Wildman–Crippen MR) is 102 cm³/mol. The monoisotopic (exact) mass is 359 g/mol. The molecule has 4 N–H and O–H groups in total. The van der Waals surface area contributed by atoms with Crippen molar-refractivity contribution in [3.8, 4) is 6.07 Å². The van der Waals surface area contributed by atoms with E-state index in [0.29, 0.717) is 33.8 Å². The van der Waals surface area contributed by atoms with Crippen LogP contribution in [-0.4, -0.2) is 26.4 Å². The number of hydrogen-bond donors (Lipinski definition) is 3. The standard InChI is InChI=1S/C19H17N7O/c1-11-7-12(9-20)10-23-18(11)19(27)24-13-3-4-15(21)14(8-13)17(22)16-5-6-26(2)25-16/h3-8,10,22H,21H2,1-2H3,(H,24,27). The van der Waals surface area contributed by atoms with E-state index in [9.17, 15) is 4.79 Å². The molecule has 134 valence electrons. The molecule has 0 saturated heterocycles. The molecular weight excluding hydrogens is 342 g/mol. The number of nitrogens with one attached hydrogen (secondary N) is 2. The molecule has 0 fully saturated rings. The van der Waals surface area contributed by atoms with Crippen molar-refractivity contribution in [1.29, 1.82) is 10.7 Å². The minimum atomic E-state index is -0.405. The molecule has 27 heavy (non-hydrogen) atoms. The Kier molecular flexibility index (Phi) is 4.68. The van der Waals surface area contributed by atoms with Crippen molar-refractivity contribution >= 4 is 23.0 Å². The maximum atomic E-state index is 12.5. The number of carbonyl (C=O) groups excluding carboxylic acids is 1. The minimum absolute atomic E-state index is 0.164. The number of aryl methyl sites for hydroxylation is 2. The number of benzene rings is 1. The molecule has 3 aromatic rings. The molecule has 0 aliphatic rings. The lowest BCUT2D eigenvalue weighted by Crippen LogP contribution is -2.16. The molecule has 1 aromatic carbocycles. The summed E-state index contributed by atoms with van der Waals surface area (Å²) in [6.07, 6.45) is 3.10. The fraction of sp³-hybridized carbons (Fsp3) is 0.105. The number of nitrogens with zero attached hydrogens (tertiary/aromatic N) is 4. The van der Waals surface area contributed by atoms with E-state index in [-0.39, 0.29) is 11.4 Å². The summed E-state index contributed by atoms with van der Waals surface area (Å²) in [7, 11) is 1.77. The summed E-state index contributed by atoms with van der Waals surface area (Å²) >= 11 is 0. The van der Waals surface area contributed by atoms with Crippen LogP contribution in [0.25, 0.3) is 0 Å². The zero-order chi connectivity index (χ0) is 19.6. The molecule has 1 amide bonds. The van der Waals surface area contributed by atoms with Crippen LogP contribution < -0.4 is 11.1 Å². The predicted octanol–water partition coefficient (Wildman–Crippen LogP) is 2.25. The second kappa shape index (κ2) is 7.09. The number of pyridine rings is 1. The van der Waals surface area contributed by atoms with Gasteiger partial charge in [0, 0.05) is 36.4 Å². The summed E-state index contributed by atoms with van der Waals surface area (Å²) in [6.45, 7) is 1.72. The second-order valence-electron chi connectivity index (χ2n) is 6.01. The van der Waals surface area contributed by atoms with E-state index in [1.54, 1.807) is 55.2 Å². The van der Waals surface area contributed by atoms with Gasteiger partial charge in [0.15, 0.2) is 0 Å². The first-order chi connectivity index (χ1) is 12.9. The number of nitriles is 1. The van der Waals surface area contributed by atoms with Crippen LogP contribution in [0.1, 0.15) is 32.9 Å². The van der Waals surface area contributed by atoms with Crippen LogP contribution in [0.5, 0.6) is 0 Å². The van der Waals surface area contributed by atoms with Gasteiger partial charge in [-0.1, -0.05) is 0 Å². The third kappa shape index (κ3) is 3.67. The van der Waals surface area contributed by atoms with E-state index in [4.69, 9.17) is 16.4 Å². The number of anilines is 2. The number of nitrogens with two attached hydrogens (primary N) is 1. The number of rotatable bonds is 4. The molecule has 0 spiro atoms. The molecule has 8 heteroatoms. The highest BCUT2D eigenvalue weighted by Crippen LogP contribution is 2.21. The largest absolute Gasteiger partial charge is 0.398 e. The molecule has 0 aliphatic heterocycles. The zero-order valence-corrected chi connectivity index (χ0v) is 14.8. The lowest BCUT2D eigenvalue weighted by Gasteiger charge is -2.11. The molecule has 0 atom stereocenters. The Morgan fingerprint density at radius 3 is 2.74 bits per heavy atom. The molecule has 2 heterocycles. The van der Waals surface area contributed by atoms with Crippen molar-refractivity contribution in [2.75, 3.05) is 11.1 Å². The Bertz CT molecular complexity index is 1090. The summed E-state index contributed by atoms with van der Waals surface area (Å²) in [5, 5.41) is 24.2. The van der Waals surface area contributed by atoms with Crippen LogP contribution in [-0.2, 0) is 7.05 Å². The van der Waals surface area contributed by atoms with Gasteiger partial charge < -0.3 is 11.1 Å². The molecule has 0 radical (unpaired) electrons. The van der Waals surface area contributed by atoms with Crippen LogP contribution in [0.4, 0.5) is 11.4 Å². The first-order valence-electron chi connectivity index (χ1n) is 8.05. The third-order valence-corrected chi connectivity index (χ3v) is 3.97. The molecular formula is C19H17N7O. The van der Waals surface area contributed by atoms with Crippen LogP contribution in [0.2, 0.25) is 0 Å². The number of amides is 1. The summed E-state index contributed by atoms with van der Waals surface area (Å²) < 4.78 is 1.60. The molecule has 2 aromatic heterocycles. The molecule has 0 bridgehead atoms. The van der Waals surface area contributed by atoms with Gasteiger partial charge in [0.05, 0.1) is 11.3 Å². The Morgan fingerprint density at radius 1 is 1.33 bits per heavy atom. The van der Waals surface area contributed by atoms with Crippen molar-refractivity contribution in [2.24, 2.45) is 7.05 Å². The van der Waals surface area contributed by atoms with Gasteiger partial charge in [0.1, 0.15) is 17.5 Å². The van der Waals surface area contributed by atoms with Gasteiger partial charge in [-0.15, -0.1) is 0 Å². The number of carbonyl (C=O) groups is 1. The van der Waals surface area contributed by atoms with Gasteiger partial charge >= 0.3 is 0 Å². The lowest BCUT2D eigenvalue weighted by atomic mass is 10.0. The highest BCUT2D eigenvalue weighted by atomic mass is 16.1. The number of nitrogen functional groups attached to an aromatic ring is 1. The Morgan fingerprint density at radius 2 is 2.11 bits per heavy atom. The zero-order valence-electron chi connectivity index (χ0n) is 14.8. The van der Waals surface area contributed by atoms with Gasteiger partial charge in [-0.25, -0.2) is 4.98 Å². The maximum Gasteiger partial charge on any atom is 0.274 e. The van der Waals surface area contributed by atoms with Crippen LogP contribution in [0.15, 0.2) is 42.7 Å². The van der Waals surface area contributed by atoms with Gasteiger partial charge in [-0.2, -0.15) is 10.4 Å². The highest BCUT2D eigenvalue weighted by molar-refractivity contribution is 6.13. The van der Waals surface area contributed by atoms with Crippen molar-refractivity contribution in [1.82, 2.24) is 14.8 Å². The van der Waals surface area contributed by atoms with E-state index < -0.39 is 5.91 Å². The minimum Gasteiger partial charge on any atom is -0.398 e.